The highest BCUT2D eigenvalue weighted by atomic mass is 19.1. The van der Waals surface area contributed by atoms with Crippen LogP contribution in [0.5, 0.6) is 5.75 Å². The van der Waals surface area contributed by atoms with Crippen molar-refractivity contribution in [2.45, 2.75) is 40.0 Å². The van der Waals surface area contributed by atoms with Gasteiger partial charge in [-0.15, -0.1) is 0 Å². The van der Waals surface area contributed by atoms with Crippen molar-refractivity contribution in [1.82, 2.24) is 29.2 Å². The molecule has 0 spiro atoms. The zero-order valence-electron chi connectivity index (χ0n) is 22.3. The monoisotopic (exact) mass is 528 g/mol. The standard InChI is InChI=1S/C29H29FN6O3/c1-6-25(37)35-11-12-36-21(16-35)14-23(33-36)28-27(22-9-8-20(30)13-24(22)39-17(2)3)18(4)31-29(32-28)19-7-10-26(38)34(5)15-19/h6-10,13-15,17H,1,11-12,16H2,2-5H3. The number of ether oxygens (including phenoxy) is 1. The van der Waals surface area contributed by atoms with Crippen molar-refractivity contribution in [2.24, 2.45) is 7.05 Å². The Hall–Kier alpha value is -4.60. The first kappa shape index (κ1) is 26.0. The van der Waals surface area contributed by atoms with E-state index in [4.69, 9.17) is 19.8 Å². The third-order valence-electron chi connectivity index (χ3n) is 6.54. The Balaban J connectivity index is 1.72. The smallest absolute Gasteiger partial charge is 0.250 e. The summed E-state index contributed by atoms with van der Waals surface area (Å²) in [4.78, 5) is 35.6. The van der Waals surface area contributed by atoms with Gasteiger partial charge in [0.25, 0.3) is 0 Å². The molecule has 0 saturated heterocycles. The summed E-state index contributed by atoms with van der Waals surface area (Å²) in [5.41, 5.74) is 4.44. The molecule has 0 N–H and O–H groups in total. The Bertz CT molecular complexity index is 1660. The van der Waals surface area contributed by atoms with Gasteiger partial charge < -0.3 is 14.2 Å². The average Bonchev–Trinajstić information content (AvgIpc) is 3.33. The van der Waals surface area contributed by atoms with Crippen molar-refractivity contribution in [3.05, 3.63) is 82.8 Å². The number of aromatic nitrogens is 5. The fraction of sp³-hybridized carbons (Fsp3) is 0.276. The van der Waals surface area contributed by atoms with Crippen LogP contribution in [-0.4, -0.2) is 47.8 Å². The number of hydrogen-bond acceptors (Lipinski definition) is 6. The van der Waals surface area contributed by atoms with E-state index in [1.807, 2.05) is 31.5 Å². The van der Waals surface area contributed by atoms with Crippen molar-refractivity contribution in [2.75, 3.05) is 6.54 Å². The Morgan fingerprint density at radius 3 is 2.67 bits per heavy atom. The topological polar surface area (TPSA) is 95.1 Å². The Morgan fingerprint density at radius 2 is 1.95 bits per heavy atom. The summed E-state index contributed by atoms with van der Waals surface area (Å²) in [6, 6.07) is 9.46. The summed E-state index contributed by atoms with van der Waals surface area (Å²) in [5.74, 6) is 0.242. The van der Waals surface area contributed by atoms with E-state index in [0.717, 1.165) is 5.69 Å². The lowest BCUT2D eigenvalue weighted by molar-refractivity contribution is -0.127. The second-order valence-corrected chi connectivity index (χ2v) is 9.74. The number of carbonyl (C=O) groups is 1. The molecule has 1 aliphatic heterocycles. The summed E-state index contributed by atoms with van der Waals surface area (Å²) in [6.07, 6.45) is 2.81. The summed E-state index contributed by atoms with van der Waals surface area (Å²) < 4.78 is 23.6. The van der Waals surface area contributed by atoms with Gasteiger partial charge in [0.1, 0.15) is 23.0 Å². The van der Waals surface area contributed by atoms with Crippen LogP contribution >= 0.6 is 0 Å². The minimum atomic E-state index is -0.416. The molecule has 0 saturated carbocycles. The molecule has 0 atom stereocenters. The van der Waals surface area contributed by atoms with Gasteiger partial charge >= 0.3 is 0 Å². The van der Waals surface area contributed by atoms with E-state index in [-0.39, 0.29) is 17.6 Å². The summed E-state index contributed by atoms with van der Waals surface area (Å²) in [5, 5.41) is 4.84. The third kappa shape index (κ3) is 5.09. The molecule has 0 bridgehead atoms. The molecule has 5 rings (SSSR count). The van der Waals surface area contributed by atoms with E-state index in [9.17, 15) is 14.0 Å². The summed E-state index contributed by atoms with van der Waals surface area (Å²) in [6.45, 7) is 10.6. The average molecular weight is 529 g/mol. The van der Waals surface area contributed by atoms with Crippen molar-refractivity contribution in [3.63, 3.8) is 0 Å². The molecule has 9 nitrogen and oxygen atoms in total. The molecule has 1 aromatic carbocycles. The fourth-order valence-electron chi connectivity index (χ4n) is 4.69. The molecular weight excluding hydrogens is 499 g/mol. The Kier molecular flexibility index (Phi) is 6.86. The number of pyridine rings is 1. The van der Waals surface area contributed by atoms with Gasteiger partial charge in [0.15, 0.2) is 5.82 Å². The molecule has 200 valence electrons. The van der Waals surface area contributed by atoms with Crippen LogP contribution < -0.4 is 10.3 Å². The number of benzene rings is 1. The number of aryl methyl sites for hydroxylation is 2. The minimum absolute atomic E-state index is 0.138. The molecular formula is C29H29FN6O3. The fourth-order valence-corrected chi connectivity index (χ4v) is 4.69. The van der Waals surface area contributed by atoms with Crippen molar-refractivity contribution in [1.29, 1.82) is 0 Å². The Labute approximate surface area is 225 Å². The van der Waals surface area contributed by atoms with Crippen LogP contribution in [0.15, 0.2) is 60.0 Å². The molecule has 0 fully saturated rings. The van der Waals surface area contributed by atoms with Gasteiger partial charge in [-0.05, 0) is 51.1 Å². The molecule has 10 heteroatoms. The van der Waals surface area contributed by atoms with Gasteiger partial charge in [-0.1, -0.05) is 6.58 Å². The maximum atomic E-state index is 14.3. The number of fused-ring (bicyclic) bond motifs is 1. The molecule has 1 amide bonds. The van der Waals surface area contributed by atoms with Crippen LogP contribution in [0.25, 0.3) is 33.9 Å². The first-order valence-electron chi connectivity index (χ1n) is 12.6. The predicted molar refractivity (Wildman–Crippen MR) is 145 cm³/mol. The highest BCUT2D eigenvalue weighted by molar-refractivity contribution is 5.87. The van der Waals surface area contributed by atoms with Gasteiger partial charge in [0, 0.05) is 48.6 Å². The van der Waals surface area contributed by atoms with Crippen LogP contribution in [0.4, 0.5) is 4.39 Å². The molecule has 39 heavy (non-hydrogen) atoms. The molecule has 0 unspecified atom stereocenters. The van der Waals surface area contributed by atoms with Crippen molar-refractivity contribution < 1.29 is 13.9 Å². The van der Waals surface area contributed by atoms with Gasteiger partial charge in [0.05, 0.1) is 30.6 Å². The second kappa shape index (κ2) is 10.3. The quantitative estimate of drug-likeness (QED) is 0.349. The van der Waals surface area contributed by atoms with Gasteiger partial charge in [0.2, 0.25) is 11.5 Å². The lowest BCUT2D eigenvalue weighted by Gasteiger charge is -2.26. The van der Waals surface area contributed by atoms with Gasteiger partial charge in [-0.3, -0.25) is 14.3 Å². The highest BCUT2D eigenvalue weighted by Crippen LogP contribution is 2.40. The minimum Gasteiger partial charge on any atom is -0.490 e. The third-order valence-corrected chi connectivity index (χ3v) is 6.54. The molecule has 3 aromatic heterocycles. The van der Waals surface area contributed by atoms with E-state index in [1.165, 1.54) is 28.8 Å². The number of halogens is 1. The first-order chi connectivity index (χ1) is 18.6. The Morgan fingerprint density at radius 1 is 1.15 bits per heavy atom. The normalized spacial score (nSPS) is 12.9. The van der Waals surface area contributed by atoms with Crippen LogP contribution in [0.1, 0.15) is 25.2 Å². The van der Waals surface area contributed by atoms with Crippen LogP contribution in [0.3, 0.4) is 0 Å². The maximum Gasteiger partial charge on any atom is 0.250 e. The largest absolute Gasteiger partial charge is 0.490 e. The summed E-state index contributed by atoms with van der Waals surface area (Å²) >= 11 is 0. The van der Waals surface area contributed by atoms with Crippen molar-refractivity contribution >= 4 is 5.91 Å². The van der Waals surface area contributed by atoms with Gasteiger partial charge in [-0.25, -0.2) is 14.4 Å². The lowest BCUT2D eigenvalue weighted by atomic mass is 9.98. The van der Waals surface area contributed by atoms with E-state index >= 15 is 0 Å². The zero-order chi connectivity index (χ0) is 27.8. The SMILES string of the molecule is C=CC(=O)N1CCn2nc(-c3nc(-c4ccc(=O)n(C)c4)nc(C)c3-c3ccc(F)cc3OC(C)C)cc2C1. The summed E-state index contributed by atoms with van der Waals surface area (Å²) in [7, 11) is 1.67. The van der Waals surface area contributed by atoms with E-state index in [1.54, 1.807) is 30.3 Å². The lowest BCUT2D eigenvalue weighted by Crippen LogP contribution is -2.37. The van der Waals surface area contributed by atoms with Crippen LogP contribution in [-0.2, 0) is 24.9 Å². The van der Waals surface area contributed by atoms with E-state index in [2.05, 4.69) is 6.58 Å². The molecule has 4 aromatic rings. The maximum absolute atomic E-state index is 14.3. The number of amides is 1. The van der Waals surface area contributed by atoms with Crippen molar-refractivity contribution in [3.8, 4) is 39.7 Å². The highest BCUT2D eigenvalue weighted by Gasteiger charge is 2.26. The van der Waals surface area contributed by atoms with Crippen LogP contribution in [0.2, 0.25) is 0 Å². The predicted octanol–water partition coefficient (Wildman–Crippen LogP) is 4.14. The number of nitrogens with zero attached hydrogens (tertiary/aromatic N) is 6. The number of hydrogen-bond donors (Lipinski definition) is 0. The molecule has 1 aliphatic rings. The van der Waals surface area contributed by atoms with Gasteiger partial charge in [-0.2, -0.15) is 5.10 Å². The van der Waals surface area contributed by atoms with Crippen LogP contribution in [0, 0.1) is 12.7 Å². The second-order valence-electron chi connectivity index (χ2n) is 9.74. The number of rotatable bonds is 6. The molecule has 4 heterocycles. The zero-order valence-corrected chi connectivity index (χ0v) is 22.3. The molecule has 0 radical (unpaired) electrons. The number of carbonyl (C=O) groups excluding carboxylic acids is 1. The first-order valence-corrected chi connectivity index (χ1v) is 12.6. The molecule has 0 aliphatic carbocycles. The van der Waals surface area contributed by atoms with E-state index < -0.39 is 5.82 Å². The van der Waals surface area contributed by atoms with E-state index in [0.29, 0.717) is 65.0 Å².